The molecule has 1 aromatic heterocycles. The molecule has 1 aromatic rings. The minimum Gasteiger partial charge on any atom is -0.341 e. The van der Waals surface area contributed by atoms with Crippen molar-refractivity contribution in [2.75, 3.05) is 23.6 Å². The highest BCUT2D eigenvalue weighted by atomic mass is 32.2. The van der Waals surface area contributed by atoms with Crippen molar-refractivity contribution in [3.63, 3.8) is 0 Å². The second-order valence-electron chi connectivity index (χ2n) is 6.35. The number of rotatable bonds is 5. The predicted molar refractivity (Wildman–Crippen MR) is 93.5 cm³/mol. The van der Waals surface area contributed by atoms with Gasteiger partial charge in [0.05, 0.1) is 5.75 Å². The number of sulfonamides is 1. The van der Waals surface area contributed by atoms with E-state index in [4.69, 9.17) is 0 Å². The molecule has 0 atom stereocenters. The Morgan fingerprint density at radius 3 is 2.50 bits per heavy atom. The molecule has 1 fully saturated rings. The maximum atomic E-state index is 12.5. The third-order valence-electron chi connectivity index (χ3n) is 4.47. The Morgan fingerprint density at radius 2 is 1.92 bits per heavy atom. The molecule has 2 rings (SSSR count). The average molecular weight is 355 g/mol. The molecule has 1 aliphatic heterocycles. The van der Waals surface area contributed by atoms with Gasteiger partial charge >= 0.3 is 0 Å². The number of likely N-dealkylation sites (tertiary alicyclic amines) is 1. The number of amides is 1. The van der Waals surface area contributed by atoms with Crippen molar-refractivity contribution in [3.05, 3.63) is 28.2 Å². The number of piperidine rings is 1. The number of hydrogen-bond donors (Lipinski definition) is 1. The summed E-state index contributed by atoms with van der Waals surface area (Å²) in [4.78, 5) is 26.8. The summed E-state index contributed by atoms with van der Waals surface area (Å²) in [5.74, 6) is 0.387. The number of aryl methyl sites for hydroxylation is 1. The molecule has 0 aliphatic carbocycles. The Kier molecular flexibility index (Phi) is 5.69. The molecule has 2 heterocycles. The van der Waals surface area contributed by atoms with Gasteiger partial charge in [-0.1, -0.05) is 6.92 Å². The van der Waals surface area contributed by atoms with Crippen LogP contribution in [0.3, 0.4) is 0 Å². The summed E-state index contributed by atoms with van der Waals surface area (Å²) in [6.45, 7) is 6.73. The number of nitrogens with zero attached hydrogens (tertiary/aromatic N) is 2. The first-order valence-corrected chi connectivity index (χ1v) is 9.87. The zero-order valence-electron chi connectivity index (χ0n) is 14.4. The van der Waals surface area contributed by atoms with Gasteiger partial charge in [0.1, 0.15) is 12.2 Å². The summed E-state index contributed by atoms with van der Waals surface area (Å²) >= 11 is 0. The number of carbonyl (C=O) groups excluding carboxylic acids is 1. The lowest BCUT2D eigenvalue weighted by Crippen LogP contribution is -2.41. The third kappa shape index (κ3) is 4.37. The lowest BCUT2D eigenvalue weighted by molar-refractivity contribution is -0.133. The second kappa shape index (κ2) is 7.38. The van der Waals surface area contributed by atoms with E-state index in [-0.39, 0.29) is 23.9 Å². The van der Waals surface area contributed by atoms with Gasteiger partial charge in [0, 0.05) is 18.8 Å². The van der Waals surface area contributed by atoms with E-state index in [9.17, 15) is 18.0 Å². The van der Waals surface area contributed by atoms with Gasteiger partial charge in [-0.05, 0) is 44.7 Å². The van der Waals surface area contributed by atoms with Crippen molar-refractivity contribution in [2.24, 2.45) is 5.92 Å². The van der Waals surface area contributed by atoms with E-state index in [2.05, 4.69) is 11.6 Å². The Hall–Kier alpha value is -1.83. The highest BCUT2D eigenvalue weighted by Crippen LogP contribution is 2.16. The number of aromatic nitrogens is 1. The van der Waals surface area contributed by atoms with E-state index in [1.54, 1.807) is 17.9 Å². The molecule has 1 amide bonds. The lowest BCUT2D eigenvalue weighted by Gasteiger charge is -2.30. The molecule has 0 unspecified atom stereocenters. The van der Waals surface area contributed by atoms with Crippen LogP contribution in [0, 0.1) is 12.8 Å². The van der Waals surface area contributed by atoms with Crippen LogP contribution in [0.15, 0.2) is 16.9 Å². The van der Waals surface area contributed by atoms with Gasteiger partial charge in [0.2, 0.25) is 15.9 Å². The first-order chi connectivity index (χ1) is 11.2. The van der Waals surface area contributed by atoms with Crippen LogP contribution in [-0.4, -0.2) is 42.6 Å². The SMILES string of the molecule is CCS(=O)(=O)Nc1ccc(C)n(CC(=O)N2CCC(C)CC2)c1=O. The molecular formula is C16H25N3O4S. The molecule has 134 valence electrons. The maximum Gasteiger partial charge on any atom is 0.275 e. The molecule has 7 nitrogen and oxygen atoms in total. The molecule has 1 saturated heterocycles. The molecule has 0 saturated carbocycles. The van der Waals surface area contributed by atoms with E-state index >= 15 is 0 Å². The quantitative estimate of drug-likeness (QED) is 0.859. The average Bonchev–Trinajstić information content (AvgIpc) is 2.54. The number of carbonyl (C=O) groups is 1. The van der Waals surface area contributed by atoms with E-state index in [0.717, 1.165) is 12.8 Å². The minimum absolute atomic E-state index is 0.0254. The fourth-order valence-electron chi connectivity index (χ4n) is 2.68. The van der Waals surface area contributed by atoms with Crippen LogP contribution in [0.4, 0.5) is 5.69 Å². The zero-order valence-corrected chi connectivity index (χ0v) is 15.2. The Bertz CT molecular complexity index is 762. The van der Waals surface area contributed by atoms with Gasteiger partial charge in [-0.25, -0.2) is 8.42 Å². The first kappa shape index (κ1) is 18.5. The Morgan fingerprint density at radius 1 is 1.29 bits per heavy atom. The first-order valence-electron chi connectivity index (χ1n) is 8.22. The molecule has 1 aliphatic rings. The van der Waals surface area contributed by atoms with Crippen molar-refractivity contribution in [3.8, 4) is 0 Å². The highest BCUT2D eigenvalue weighted by Gasteiger charge is 2.22. The minimum atomic E-state index is -3.54. The van der Waals surface area contributed by atoms with Gasteiger partial charge in [-0.15, -0.1) is 0 Å². The predicted octanol–water partition coefficient (Wildman–Crippen LogP) is 1.18. The van der Waals surface area contributed by atoms with Gasteiger partial charge < -0.3 is 9.47 Å². The fraction of sp³-hybridized carbons (Fsp3) is 0.625. The van der Waals surface area contributed by atoms with E-state index in [1.165, 1.54) is 17.6 Å². The largest absolute Gasteiger partial charge is 0.341 e. The topological polar surface area (TPSA) is 88.5 Å². The van der Waals surface area contributed by atoms with Gasteiger partial charge in [0.15, 0.2) is 0 Å². The highest BCUT2D eigenvalue weighted by molar-refractivity contribution is 7.92. The van der Waals surface area contributed by atoms with Gasteiger partial charge in [-0.2, -0.15) is 0 Å². The molecule has 0 spiro atoms. The number of pyridine rings is 1. The van der Waals surface area contributed by atoms with Crippen LogP contribution in [0.25, 0.3) is 0 Å². The smallest absolute Gasteiger partial charge is 0.275 e. The van der Waals surface area contributed by atoms with Crippen molar-refractivity contribution in [2.45, 2.75) is 40.2 Å². The van der Waals surface area contributed by atoms with Crippen LogP contribution in [0.5, 0.6) is 0 Å². The van der Waals surface area contributed by atoms with E-state index < -0.39 is 15.6 Å². The summed E-state index contributed by atoms with van der Waals surface area (Å²) in [7, 11) is -3.54. The van der Waals surface area contributed by atoms with Crippen molar-refractivity contribution >= 4 is 21.6 Å². The monoisotopic (exact) mass is 355 g/mol. The Balaban J connectivity index is 2.21. The standard InChI is InChI=1S/C16H25N3O4S/c1-4-24(22,23)17-14-6-5-13(3)19(16(14)21)11-15(20)18-9-7-12(2)8-10-18/h5-6,12,17H,4,7-11H2,1-3H3. The normalized spacial score (nSPS) is 16.2. The number of anilines is 1. The summed E-state index contributed by atoms with van der Waals surface area (Å²) in [5.41, 5.74) is 0.103. The van der Waals surface area contributed by atoms with Gasteiger partial charge in [0.25, 0.3) is 5.56 Å². The van der Waals surface area contributed by atoms with Crippen molar-refractivity contribution in [1.82, 2.24) is 9.47 Å². The fourth-order valence-corrected chi connectivity index (χ4v) is 3.31. The number of nitrogens with one attached hydrogen (secondary N) is 1. The summed E-state index contributed by atoms with van der Waals surface area (Å²) in [6, 6.07) is 3.08. The van der Waals surface area contributed by atoms with Crippen LogP contribution >= 0.6 is 0 Å². The summed E-state index contributed by atoms with van der Waals surface area (Å²) in [6.07, 6.45) is 1.94. The Labute approximate surface area is 142 Å². The van der Waals surface area contributed by atoms with Crippen LogP contribution in [0.1, 0.15) is 32.4 Å². The number of hydrogen-bond acceptors (Lipinski definition) is 4. The van der Waals surface area contributed by atoms with E-state index in [1.807, 2.05) is 0 Å². The lowest BCUT2D eigenvalue weighted by atomic mass is 9.99. The van der Waals surface area contributed by atoms with Gasteiger partial charge in [-0.3, -0.25) is 14.3 Å². The molecule has 8 heteroatoms. The van der Waals surface area contributed by atoms with Crippen LogP contribution < -0.4 is 10.3 Å². The molecule has 0 bridgehead atoms. The van der Waals surface area contributed by atoms with Crippen molar-refractivity contribution in [1.29, 1.82) is 0 Å². The molecule has 0 aromatic carbocycles. The molecule has 24 heavy (non-hydrogen) atoms. The maximum absolute atomic E-state index is 12.5. The summed E-state index contributed by atoms with van der Waals surface area (Å²) in [5, 5.41) is 0. The second-order valence-corrected chi connectivity index (χ2v) is 8.36. The zero-order chi connectivity index (χ0) is 17.9. The van der Waals surface area contributed by atoms with Crippen molar-refractivity contribution < 1.29 is 13.2 Å². The molecular weight excluding hydrogens is 330 g/mol. The molecule has 0 radical (unpaired) electrons. The van der Waals surface area contributed by atoms with Crippen LogP contribution in [-0.2, 0) is 21.4 Å². The molecule has 1 N–H and O–H groups in total. The third-order valence-corrected chi connectivity index (χ3v) is 5.76. The summed E-state index contributed by atoms with van der Waals surface area (Å²) < 4.78 is 27.0. The van der Waals surface area contributed by atoms with Crippen LogP contribution in [0.2, 0.25) is 0 Å². The van der Waals surface area contributed by atoms with E-state index in [0.29, 0.717) is 24.7 Å².